The molecule has 5 rings (SSSR count). The first-order valence-electron chi connectivity index (χ1n) is 9.29. The number of nitriles is 1. The number of hydrogen-bond donors (Lipinski definition) is 4. The van der Waals surface area contributed by atoms with Gasteiger partial charge in [-0.05, 0) is 37.1 Å². The van der Waals surface area contributed by atoms with Crippen molar-refractivity contribution in [2.75, 3.05) is 5.32 Å². The minimum atomic E-state index is -0.573. The summed E-state index contributed by atoms with van der Waals surface area (Å²) in [6.07, 6.45) is 4.90. The van der Waals surface area contributed by atoms with Gasteiger partial charge in [0.1, 0.15) is 11.5 Å². The van der Waals surface area contributed by atoms with Crippen LogP contribution in [0.1, 0.15) is 24.1 Å². The number of anilines is 2. The molecule has 11 nitrogen and oxygen atoms in total. The Labute approximate surface area is 172 Å². The maximum atomic E-state index is 13.8. The highest BCUT2D eigenvalue weighted by Crippen LogP contribution is 2.22. The monoisotopic (exact) mass is 419 g/mol. The molecule has 4 N–H and O–H groups in total. The zero-order valence-corrected chi connectivity index (χ0v) is 15.8. The second-order valence-electron chi connectivity index (χ2n) is 6.99. The molecule has 0 unspecified atom stereocenters. The van der Waals surface area contributed by atoms with Crippen molar-refractivity contribution in [1.82, 2.24) is 29.5 Å². The van der Waals surface area contributed by atoms with Crippen molar-refractivity contribution >= 4 is 23.4 Å². The van der Waals surface area contributed by atoms with Gasteiger partial charge in [-0.2, -0.15) is 24.8 Å². The maximum absolute atomic E-state index is 13.8. The molecule has 0 aliphatic heterocycles. The third kappa shape index (κ3) is 3.71. The molecule has 1 fully saturated rings. The summed E-state index contributed by atoms with van der Waals surface area (Å²) in [6.45, 7) is 0. The van der Waals surface area contributed by atoms with Gasteiger partial charge in [0.2, 0.25) is 11.8 Å². The van der Waals surface area contributed by atoms with Crippen LogP contribution in [0, 0.1) is 17.1 Å². The summed E-state index contributed by atoms with van der Waals surface area (Å²) in [5.74, 6) is -0.762. The van der Waals surface area contributed by atoms with Crippen molar-refractivity contribution in [2.45, 2.75) is 18.9 Å². The Morgan fingerprint density at radius 2 is 2.16 bits per heavy atom. The molecule has 4 aromatic rings. The number of fused-ring (bicyclic) bond motifs is 1. The molecule has 12 heteroatoms. The van der Waals surface area contributed by atoms with Gasteiger partial charge in [0.25, 0.3) is 5.62 Å². The van der Waals surface area contributed by atoms with Crippen LogP contribution in [0.3, 0.4) is 0 Å². The van der Waals surface area contributed by atoms with Crippen LogP contribution in [-0.4, -0.2) is 40.7 Å². The highest BCUT2D eigenvalue weighted by Gasteiger charge is 2.21. The number of aromatic nitrogens is 6. The molecule has 3 heterocycles. The van der Waals surface area contributed by atoms with E-state index in [1.165, 1.54) is 28.9 Å². The van der Waals surface area contributed by atoms with E-state index in [4.69, 9.17) is 5.26 Å². The largest absolute Gasteiger partial charge is 0.493 e. The highest BCUT2D eigenvalue weighted by molar-refractivity contribution is 5.60. The molecule has 0 radical (unpaired) electrons. The van der Waals surface area contributed by atoms with Gasteiger partial charge in [-0.3, -0.25) is 4.98 Å². The SMILES string of the molecule is N#Cc1cc(F)cc(Nc2nc(=NC3CC3)n3nc/c(=C\c4[nH]c(=O)[nH]c4O)c3n2)c1. The minimum Gasteiger partial charge on any atom is -0.493 e. The molecule has 31 heavy (non-hydrogen) atoms. The van der Waals surface area contributed by atoms with Gasteiger partial charge in [0.15, 0.2) is 5.65 Å². The van der Waals surface area contributed by atoms with E-state index in [0.29, 0.717) is 22.2 Å². The summed E-state index contributed by atoms with van der Waals surface area (Å²) in [4.78, 5) is 29.5. The summed E-state index contributed by atoms with van der Waals surface area (Å²) < 4.78 is 15.2. The molecule has 0 atom stereocenters. The Morgan fingerprint density at radius 3 is 2.87 bits per heavy atom. The highest BCUT2D eigenvalue weighted by atomic mass is 19.1. The van der Waals surface area contributed by atoms with Gasteiger partial charge >= 0.3 is 5.69 Å². The van der Waals surface area contributed by atoms with Crippen LogP contribution in [-0.2, 0) is 0 Å². The molecule has 154 valence electrons. The summed E-state index contributed by atoms with van der Waals surface area (Å²) in [5, 5.41) is 26.6. The molecule has 0 spiro atoms. The van der Waals surface area contributed by atoms with Gasteiger partial charge in [0.05, 0.1) is 23.9 Å². The van der Waals surface area contributed by atoms with Gasteiger partial charge in [-0.25, -0.2) is 14.2 Å². The van der Waals surface area contributed by atoms with Crippen molar-refractivity contribution in [3.05, 3.63) is 62.8 Å². The standard InChI is InChI=1S/C19H14FN9O2/c20-11-3-9(7-21)4-13(6-11)23-17-26-15-10(5-14-16(30)27-19(31)25-14)8-22-29(15)18(28-17)24-12-1-2-12/h3-6,8,12,30H,1-2H2,(H,23,24,28)(H2,25,27,31)/b10-5+. The second-order valence-corrected chi connectivity index (χ2v) is 6.99. The Hall–Kier alpha value is -4.53. The number of H-pyrrole nitrogens is 2. The van der Waals surface area contributed by atoms with Gasteiger partial charge in [-0.15, -0.1) is 0 Å². The average Bonchev–Trinajstić information content (AvgIpc) is 3.36. The third-order valence-corrected chi connectivity index (χ3v) is 4.54. The van der Waals surface area contributed by atoms with Gasteiger partial charge < -0.3 is 15.4 Å². The Morgan fingerprint density at radius 1 is 1.32 bits per heavy atom. The molecular formula is C19H14FN9O2. The molecule has 1 aromatic carbocycles. The molecule has 0 saturated heterocycles. The van der Waals surface area contributed by atoms with Gasteiger partial charge in [0, 0.05) is 10.9 Å². The first-order chi connectivity index (χ1) is 15.0. The maximum Gasteiger partial charge on any atom is 0.326 e. The fourth-order valence-corrected chi connectivity index (χ4v) is 2.99. The number of imidazole rings is 1. The Kier molecular flexibility index (Phi) is 4.21. The molecule has 1 aliphatic carbocycles. The first kappa shape index (κ1) is 18.5. The molecule has 1 saturated carbocycles. The Balaban J connectivity index is 1.67. The summed E-state index contributed by atoms with van der Waals surface area (Å²) >= 11 is 0. The average molecular weight is 419 g/mol. The Bertz CT molecular complexity index is 1540. The smallest absolute Gasteiger partial charge is 0.326 e. The normalized spacial score (nSPS) is 14.8. The van der Waals surface area contributed by atoms with Crippen LogP contribution in [0.15, 0.2) is 34.2 Å². The van der Waals surface area contributed by atoms with Crippen molar-refractivity contribution in [3.8, 4) is 11.9 Å². The fourth-order valence-electron chi connectivity index (χ4n) is 2.99. The minimum absolute atomic E-state index is 0.128. The summed E-state index contributed by atoms with van der Waals surface area (Å²) in [6, 6.07) is 5.86. The lowest BCUT2D eigenvalue weighted by atomic mass is 10.2. The lowest BCUT2D eigenvalue weighted by molar-refractivity contribution is 0.454. The van der Waals surface area contributed by atoms with E-state index >= 15 is 0 Å². The van der Waals surface area contributed by atoms with E-state index in [-0.39, 0.29) is 29.1 Å². The van der Waals surface area contributed by atoms with Crippen LogP contribution in [0.25, 0.3) is 11.7 Å². The van der Waals surface area contributed by atoms with E-state index in [2.05, 4.69) is 35.3 Å². The van der Waals surface area contributed by atoms with Crippen LogP contribution in [0.2, 0.25) is 0 Å². The number of aromatic amines is 2. The van der Waals surface area contributed by atoms with E-state index in [9.17, 15) is 14.3 Å². The van der Waals surface area contributed by atoms with Crippen molar-refractivity contribution in [3.63, 3.8) is 0 Å². The van der Waals surface area contributed by atoms with Crippen LogP contribution in [0.5, 0.6) is 5.88 Å². The van der Waals surface area contributed by atoms with E-state index < -0.39 is 11.5 Å². The third-order valence-electron chi connectivity index (χ3n) is 4.54. The number of benzene rings is 1. The predicted octanol–water partition coefficient (Wildman–Crippen LogP) is 0.211. The van der Waals surface area contributed by atoms with Crippen molar-refractivity contribution in [2.24, 2.45) is 4.99 Å². The van der Waals surface area contributed by atoms with Gasteiger partial charge in [-0.1, -0.05) is 0 Å². The zero-order chi connectivity index (χ0) is 21.5. The van der Waals surface area contributed by atoms with Crippen LogP contribution in [0.4, 0.5) is 16.0 Å². The number of hydrogen-bond acceptors (Lipinski definition) is 8. The molecule has 0 amide bonds. The molecule has 0 bridgehead atoms. The lowest BCUT2D eigenvalue weighted by Gasteiger charge is -2.06. The molecular weight excluding hydrogens is 405 g/mol. The molecule has 3 aromatic heterocycles. The quantitative estimate of drug-likeness (QED) is 0.368. The topological polar surface area (TPSA) is 160 Å². The predicted molar refractivity (Wildman–Crippen MR) is 106 cm³/mol. The van der Waals surface area contributed by atoms with E-state index in [0.717, 1.165) is 18.9 Å². The van der Waals surface area contributed by atoms with E-state index in [1.54, 1.807) is 0 Å². The van der Waals surface area contributed by atoms with Crippen molar-refractivity contribution < 1.29 is 9.50 Å². The molecule has 1 aliphatic rings. The summed E-state index contributed by atoms with van der Waals surface area (Å²) in [5.41, 5.74) is 0.722. The van der Waals surface area contributed by atoms with Crippen LogP contribution >= 0.6 is 0 Å². The number of rotatable bonds is 4. The number of nitrogens with zero attached hydrogens (tertiary/aromatic N) is 6. The second kappa shape index (κ2) is 7.06. The van der Waals surface area contributed by atoms with Crippen molar-refractivity contribution in [1.29, 1.82) is 5.26 Å². The fraction of sp³-hybridized carbons (Fsp3) is 0.158. The van der Waals surface area contributed by atoms with Crippen LogP contribution < -0.4 is 21.8 Å². The summed E-state index contributed by atoms with van der Waals surface area (Å²) in [7, 11) is 0. The van der Waals surface area contributed by atoms with E-state index in [1.807, 2.05) is 6.07 Å². The first-order valence-corrected chi connectivity index (χ1v) is 9.29. The number of halogens is 1. The zero-order valence-electron chi connectivity index (χ0n) is 15.8. The number of aromatic hydroxyl groups is 1. The lowest BCUT2D eigenvalue weighted by Crippen LogP contribution is -2.24. The number of nitrogens with one attached hydrogen (secondary N) is 3.